The third kappa shape index (κ3) is 7.29. The lowest BCUT2D eigenvalue weighted by Gasteiger charge is -2.23. The topological polar surface area (TPSA) is 188 Å². The van der Waals surface area contributed by atoms with Gasteiger partial charge in [0.15, 0.2) is 5.78 Å². The zero-order chi connectivity index (χ0) is 36.1. The van der Waals surface area contributed by atoms with Gasteiger partial charge in [0.2, 0.25) is 11.8 Å². The number of imide groups is 2. The van der Waals surface area contributed by atoms with Crippen LogP contribution < -0.4 is 21.3 Å². The van der Waals surface area contributed by atoms with Crippen molar-refractivity contribution < 1.29 is 38.7 Å². The first-order valence-corrected chi connectivity index (χ1v) is 15.6. The predicted octanol–water partition coefficient (Wildman–Crippen LogP) is 4.24. The molecule has 12 nitrogen and oxygen atoms in total. The van der Waals surface area contributed by atoms with E-state index >= 15 is 0 Å². The Morgan fingerprint density at radius 3 is 1.65 bits per heavy atom. The SMILES string of the molecule is O=C1NC(=O)C(c2cccc(NC(=O)c3ccccc3)c2)C(=O)C1=CC=CC1=C(O)C(c2cccc(NC(=O)c3ccccc3)c2)C(=O)NC1=O. The Hall–Kier alpha value is -7.21. The smallest absolute Gasteiger partial charge is 0.261 e. The maximum Gasteiger partial charge on any atom is 0.261 e. The third-order valence-corrected chi connectivity index (χ3v) is 8.12. The van der Waals surface area contributed by atoms with E-state index in [0.29, 0.717) is 22.5 Å². The van der Waals surface area contributed by atoms with Gasteiger partial charge < -0.3 is 15.7 Å². The molecule has 2 atom stereocenters. The number of hydrogen-bond donors (Lipinski definition) is 5. The summed E-state index contributed by atoms with van der Waals surface area (Å²) in [6.07, 6.45) is 3.39. The molecule has 4 aromatic rings. The minimum absolute atomic E-state index is 0.223. The van der Waals surface area contributed by atoms with E-state index in [1.165, 1.54) is 24.3 Å². The van der Waals surface area contributed by atoms with E-state index in [4.69, 9.17) is 0 Å². The van der Waals surface area contributed by atoms with Gasteiger partial charge in [0.05, 0.1) is 11.1 Å². The number of rotatable bonds is 8. The second-order valence-corrected chi connectivity index (χ2v) is 11.5. The van der Waals surface area contributed by atoms with Crippen LogP contribution in [0.4, 0.5) is 11.4 Å². The highest BCUT2D eigenvalue weighted by molar-refractivity contribution is 6.34. The lowest BCUT2D eigenvalue weighted by Crippen LogP contribution is -2.46. The number of nitrogens with one attached hydrogen (secondary N) is 4. The Morgan fingerprint density at radius 1 is 0.608 bits per heavy atom. The molecule has 12 heteroatoms. The lowest BCUT2D eigenvalue weighted by molar-refractivity contribution is -0.137. The number of carbonyl (C=O) groups excluding carboxylic acids is 7. The molecular formula is C39H28N4O8. The molecule has 0 radical (unpaired) electrons. The number of aliphatic hydroxyl groups excluding tert-OH is 1. The number of hydrogen-bond acceptors (Lipinski definition) is 8. The Morgan fingerprint density at radius 2 is 1.10 bits per heavy atom. The molecule has 6 amide bonds. The number of allylic oxidation sites excluding steroid dienone is 2. The first-order valence-electron chi connectivity index (χ1n) is 15.6. The largest absolute Gasteiger partial charge is 0.510 e. The molecule has 2 heterocycles. The van der Waals surface area contributed by atoms with Crippen LogP contribution in [0.5, 0.6) is 0 Å². The molecule has 1 fully saturated rings. The van der Waals surface area contributed by atoms with Crippen LogP contribution in [0.2, 0.25) is 0 Å². The number of Topliss-reactive ketones (excluding diaryl/α,β-unsaturated/α-hetero) is 1. The van der Waals surface area contributed by atoms with Gasteiger partial charge in [-0.1, -0.05) is 66.7 Å². The highest BCUT2D eigenvalue weighted by Gasteiger charge is 2.40. The van der Waals surface area contributed by atoms with Crippen molar-refractivity contribution in [1.29, 1.82) is 0 Å². The van der Waals surface area contributed by atoms with E-state index in [1.807, 2.05) is 0 Å². The highest BCUT2D eigenvalue weighted by atomic mass is 16.3. The summed E-state index contributed by atoms with van der Waals surface area (Å²) >= 11 is 0. The molecule has 6 rings (SSSR count). The van der Waals surface area contributed by atoms with E-state index < -0.39 is 58.5 Å². The van der Waals surface area contributed by atoms with Gasteiger partial charge in [-0.2, -0.15) is 0 Å². The van der Waals surface area contributed by atoms with Crippen molar-refractivity contribution in [2.24, 2.45) is 0 Å². The molecule has 4 aromatic carbocycles. The molecule has 0 bridgehead atoms. The van der Waals surface area contributed by atoms with Crippen LogP contribution in [-0.4, -0.2) is 46.3 Å². The second-order valence-electron chi connectivity index (χ2n) is 11.5. The summed E-state index contributed by atoms with van der Waals surface area (Å²) in [6.45, 7) is 0. The van der Waals surface area contributed by atoms with E-state index in [0.717, 1.165) is 12.2 Å². The van der Waals surface area contributed by atoms with Crippen LogP contribution in [0.1, 0.15) is 43.7 Å². The van der Waals surface area contributed by atoms with Gasteiger partial charge in [-0.15, -0.1) is 0 Å². The molecule has 2 aliphatic rings. The van der Waals surface area contributed by atoms with Gasteiger partial charge in [-0.3, -0.25) is 44.2 Å². The maximum atomic E-state index is 13.5. The van der Waals surface area contributed by atoms with Gasteiger partial charge in [-0.05, 0) is 71.8 Å². The number of carbonyl (C=O) groups is 7. The number of piperidine rings is 1. The summed E-state index contributed by atoms with van der Waals surface area (Å²) in [4.78, 5) is 90.0. The summed E-state index contributed by atoms with van der Waals surface area (Å²) in [6, 6.07) is 29.2. The number of ketones is 1. The molecule has 0 aliphatic carbocycles. The standard InChI is InChI=1S/C39H28N4O8/c44-32-28(36(48)42-38(50)30(32)24-14-7-16-26(20-24)40-34(46)22-10-3-1-4-11-22)18-9-19-29-33(45)31(39(51)43-37(29)49)25-15-8-17-27(21-25)41-35(47)23-12-5-2-6-13-23/h1-21,30-31,44H,(H,40,46)(H,41,47)(H,42,48,50)(H,43,49,51). The molecular weight excluding hydrogens is 652 g/mol. The van der Waals surface area contributed by atoms with Gasteiger partial charge >= 0.3 is 0 Å². The molecule has 252 valence electrons. The van der Waals surface area contributed by atoms with Crippen LogP contribution in [0.3, 0.4) is 0 Å². The van der Waals surface area contributed by atoms with Crippen LogP contribution in [-0.2, 0) is 24.0 Å². The Bertz CT molecular complexity index is 2210. The van der Waals surface area contributed by atoms with Gasteiger partial charge in [0.1, 0.15) is 17.6 Å². The van der Waals surface area contributed by atoms with Crippen molar-refractivity contribution in [2.45, 2.75) is 11.8 Å². The maximum absolute atomic E-state index is 13.5. The van der Waals surface area contributed by atoms with Crippen molar-refractivity contribution in [1.82, 2.24) is 10.6 Å². The van der Waals surface area contributed by atoms with E-state index in [-0.39, 0.29) is 22.6 Å². The molecule has 5 N–H and O–H groups in total. The lowest BCUT2D eigenvalue weighted by atomic mass is 9.86. The van der Waals surface area contributed by atoms with Gasteiger partial charge in [-0.25, -0.2) is 0 Å². The van der Waals surface area contributed by atoms with Gasteiger partial charge in [0, 0.05) is 22.5 Å². The van der Waals surface area contributed by atoms with Crippen LogP contribution in [0.15, 0.2) is 144 Å². The zero-order valence-electron chi connectivity index (χ0n) is 26.6. The number of benzene rings is 4. The van der Waals surface area contributed by atoms with Crippen LogP contribution in [0, 0.1) is 0 Å². The third-order valence-electron chi connectivity index (χ3n) is 8.12. The Balaban J connectivity index is 1.22. The monoisotopic (exact) mass is 680 g/mol. The average Bonchev–Trinajstić information content (AvgIpc) is 3.11. The molecule has 0 saturated carbocycles. The summed E-state index contributed by atoms with van der Waals surface area (Å²) in [5.74, 6) is -8.48. The Labute approximate surface area is 290 Å². The predicted molar refractivity (Wildman–Crippen MR) is 185 cm³/mol. The summed E-state index contributed by atoms with van der Waals surface area (Å²) < 4.78 is 0. The molecule has 2 aliphatic heterocycles. The van der Waals surface area contributed by atoms with Crippen LogP contribution >= 0.6 is 0 Å². The van der Waals surface area contributed by atoms with Crippen molar-refractivity contribution in [2.75, 3.05) is 10.6 Å². The highest BCUT2D eigenvalue weighted by Crippen LogP contribution is 2.31. The molecule has 2 unspecified atom stereocenters. The van der Waals surface area contributed by atoms with Crippen molar-refractivity contribution in [3.8, 4) is 0 Å². The Kier molecular flexibility index (Phi) is 9.58. The average molecular weight is 681 g/mol. The normalized spacial score (nSPS) is 18.4. The summed E-state index contributed by atoms with van der Waals surface area (Å²) in [7, 11) is 0. The minimum atomic E-state index is -1.42. The number of amides is 6. The van der Waals surface area contributed by atoms with Crippen LogP contribution in [0.25, 0.3) is 0 Å². The fourth-order valence-electron chi connectivity index (χ4n) is 5.63. The molecule has 0 spiro atoms. The summed E-state index contributed by atoms with van der Waals surface area (Å²) in [5.41, 5.74) is 1.27. The van der Waals surface area contributed by atoms with E-state index in [2.05, 4.69) is 21.3 Å². The van der Waals surface area contributed by atoms with Crippen molar-refractivity contribution in [3.05, 3.63) is 167 Å². The van der Waals surface area contributed by atoms with E-state index in [9.17, 15) is 38.7 Å². The second kappa shape index (κ2) is 14.5. The molecule has 0 aromatic heterocycles. The summed E-state index contributed by atoms with van der Waals surface area (Å²) in [5, 5.41) is 20.9. The minimum Gasteiger partial charge on any atom is -0.510 e. The number of anilines is 2. The fourth-order valence-corrected chi connectivity index (χ4v) is 5.63. The van der Waals surface area contributed by atoms with E-state index in [1.54, 1.807) is 91.0 Å². The fraction of sp³-hybridized carbons (Fsp3) is 0.0513. The first kappa shape index (κ1) is 33.7. The zero-order valence-corrected chi connectivity index (χ0v) is 26.6. The molecule has 51 heavy (non-hydrogen) atoms. The number of aliphatic hydroxyl groups is 1. The molecule has 1 saturated heterocycles. The van der Waals surface area contributed by atoms with Crippen molar-refractivity contribution in [3.63, 3.8) is 0 Å². The quantitative estimate of drug-likeness (QED) is 0.0791. The van der Waals surface area contributed by atoms with Crippen molar-refractivity contribution >= 4 is 52.6 Å². The van der Waals surface area contributed by atoms with Gasteiger partial charge in [0.25, 0.3) is 23.6 Å². The first-order chi connectivity index (χ1) is 24.6.